The van der Waals surface area contributed by atoms with E-state index in [0.29, 0.717) is 28.6 Å². The zero-order valence-corrected chi connectivity index (χ0v) is 24.0. The fraction of sp³-hybridized carbons (Fsp3) is 0.133. The molecule has 6 aromatic rings. The summed E-state index contributed by atoms with van der Waals surface area (Å²) in [5.74, 6) is -1.16. The summed E-state index contributed by atoms with van der Waals surface area (Å²) in [4.78, 5) is 10.7. The standard InChI is InChI=1S/C22H17ClF3N3S.C8H7NOS/c1-12(22(24,25)26)13-7-8-28-18(10-13)16-4-2-3-14-9-15(30-21(14)16)11-19-17(23)5-6-20(27)29-19;9-11-7-1-2-8-6(5-7)3-4-10-8/h2-10,12H,11H2,1H3,(H2,27,29);1-5H,9H2/t12-;/m1./s1. The second-order valence-corrected chi connectivity index (χ2v) is 11.5. The van der Waals surface area contributed by atoms with Crippen molar-refractivity contribution in [3.05, 3.63) is 106 Å². The summed E-state index contributed by atoms with van der Waals surface area (Å²) in [6.07, 6.45) is -0.682. The Labute approximate surface area is 247 Å². The molecule has 0 radical (unpaired) electrons. The van der Waals surface area contributed by atoms with Crippen molar-refractivity contribution in [1.29, 1.82) is 0 Å². The Bertz CT molecular complexity index is 1820. The molecule has 4 N–H and O–H groups in total. The van der Waals surface area contributed by atoms with Crippen LogP contribution in [-0.4, -0.2) is 16.1 Å². The summed E-state index contributed by atoms with van der Waals surface area (Å²) < 4.78 is 45.6. The molecule has 6 rings (SSSR count). The minimum absolute atomic E-state index is 0.192. The number of alkyl halides is 3. The highest BCUT2D eigenvalue weighted by Crippen LogP contribution is 2.38. The van der Waals surface area contributed by atoms with Crippen molar-refractivity contribution < 1.29 is 17.6 Å². The molecule has 0 bridgehead atoms. The number of anilines is 1. The summed E-state index contributed by atoms with van der Waals surface area (Å²) in [5, 5.41) is 8.02. The van der Waals surface area contributed by atoms with Crippen LogP contribution in [0.5, 0.6) is 0 Å². The van der Waals surface area contributed by atoms with Crippen molar-refractivity contribution in [2.75, 3.05) is 5.73 Å². The van der Waals surface area contributed by atoms with Crippen LogP contribution in [0, 0.1) is 0 Å². The topological polar surface area (TPSA) is 91.0 Å². The van der Waals surface area contributed by atoms with E-state index in [1.165, 1.54) is 30.3 Å². The van der Waals surface area contributed by atoms with E-state index in [-0.39, 0.29) is 5.56 Å². The third-order valence-corrected chi connectivity index (χ3v) is 8.54. The first-order valence-electron chi connectivity index (χ1n) is 12.4. The molecule has 0 aliphatic heterocycles. The van der Waals surface area contributed by atoms with E-state index < -0.39 is 12.1 Å². The van der Waals surface area contributed by atoms with Gasteiger partial charge < -0.3 is 10.2 Å². The molecule has 5 nitrogen and oxygen atoms in total. The van der Waals surface area contributed by atoms with E-state index in [4.69, 9.17) is 26.9 Å². The molecule has 2 aromatic carbocycles. The molecule has 210 valence electrons. The van der Waals surface area contributed by atoms with Gasteiger partial charge in [0.2, 0.25) is 0 Å². The lowest BCUT2D eigenvalue weighted by Crippen LogP contribution is -2.17. The van der Waals surface area contributed by atoms with Gasteiger partial charge in [0, 0.05) is 38.0 Å². The van der Waals surface area contributed by atoms with Crippen molar-refractivity contribution in [3.8, 4) is 11.3 Å². The van der Waals surface area contributed by atoms with Gasteiger partial charge in [0.25, 0.3) is 0 Å². The number of furan rings is 1. The predicted molar refractivity (Wildman–Crippen MR) is 162 cm³/mol. The molecule has 11 heteroatoms. The first-order chi connectivity index (χ1) is 19.6. The largest absolute Gasteiger partial charge is 0.464 e. The SMILES string of the molecule is C[C@H](c1ccnc(-c2cccc3cc(Cc4nc(N)ccc4Cl)sc23)c1)C(F)(F)F.NSc1ccc2occc2c1. The van der Waals surface area contributed by atoms with Crippen LogP contribution < -0.4 is 10.9 Å². The molecule has 0 fully saturated rings. The highest BCUT2D eigenvalue weighted by atomic mass is 35.5. The average Bonchev–Trinajstić information content (AvgIpc) is 3.60. The maximum absolute atomic E-state index is 13.1. The Morgan fingerprint density at radius 1 is 1.02 bits per heavy atom. The van der Waals surface area contributed by atoms with E-state index >= 15 is 0 Å². The van der Waals surface area contributed by atoms with E-state index in [1.54, 1.807) is 29.7 Å². The minimum atomic E-state index is -4.30. The van der Waals surface area contributed by atoms with Gasteiger partial charge in [-0.25, -0.2) is 4.98 Å². The Balaban J connectivity index is 0.000000255. The quantitative estimate of drug-likeness (QED) is 0.189. The van der Waals surface area contributed by atoms with Crippen molar-refractivity contribution in [2.45, 2.75) is 30.3 Å². The summed E-state index contributed by atoms with van der Waals surface area (Å²) in [6.45, 7) is 1.16. The second-order valence-electron chi connectivity index (χ2n) is 9.25. The highest BCUT2D eigenvalue weighted by Gasteiger charge is 2.37. The first-order valence-corrected chi connectivity index (χ1v) is 14.5. The molecule has 0 amide bonds. The van der Waals surface area contributed by atoms with Crippen LogP contribution >= 0.6 is 34.9 Å². The summed E-state index contributed by atoms with van der Waals surface area (Å²) in [7, 11) is 0. The molecule has 0 saturated heterocycles. The Hall–Kier alpha value is -3.57. The second kappa shape index (κ2) is 12.1. The molecular formula is C30H24ClF3N4OS2. The third kappa shape index (κ3) is 6.68. The number of aromatic nitrogens is 2. The molecule has 1 atom stereocenters. The molecule has 0 saturated carbocycles. The van der Waals surface area contributed by atoms with Crippen LogP contribution in [0.15, 0.2) is 94.6 Å². The number of rotatable bonds is 5. The van der Waals surface area contributed by atoms with Crippen molar-refractivity contribution in [3.63, 3.8) is 0 Å². The number of nitrogens with two attached hydrogens (primary N) is 2. The number of fused-ring (bicyclic) bond motifs is 2. The molecular weight excluding hydrogens is 589 g/mol. The van der Waals surface area contributed by atoms with Crippen LogP contribution in [0.25, 0.3) is 32.3 Å². The minimum Gasteiger partial charge on any atom is -0.464 e. The van der Waals surface area contributed by atoms with Crippen molar-refractivity contribution in [1.82, 2.24) is 9.97 Å². The fourth-order valence-corrected chi connectivity index (χ4v) is 5.96. The molecule has 4 aromatic heterocycles. The van der Waals surface area contributed by atoms with Crippen molar-refractivity contribution in [2.24, 2.45) is 5.14 Å². The van der Waals surface area contributed by atoms with E-state index in [1.807, 2.05) is 48.5 Å². The van der Waals surface area contributed by atoms with E-state index in [0.717, 1.165) is 43.3 Å². The third-order valence-electron chi connectivity index (χ3n) is 6.49. The maximum atomic E-state index is 13.1. The fourth-order valence-electron chi connectivity index (χ4n) is 4.27. The van der Waals surface area contributed by atoms with Gasteiger partial charge in [-0.05, 0) is 84.4 Å². The van der Waals surface area contributed by atoms with Gasteiger partial charge in [-0.3, -0.25) is 10.1 Å². The highest BCUT2D eigenvalue weighted by molar-refractivity contribution is 7.97. The molecule has 0 spiro atoms. The lowest BCUT2D eigenvalue weighted by molar-refractivity contribution is -0.146. The number of halogens is 4. The average molecular weight is 613 g/mol. The lowest BCUT2D eigenvalue weighted by Gasteiger charge is -2.16. The van der Waals surface area contributed by atoms with Crippen LogP contribution in [0.3, 0.4) is 0 Å². The molecule has 0 aliphatic carbocycles. The Morgan fingerprint density at radius 3 is 2.63 bits per heavy atom. The van der Waals surface area contributed by atoms with Gasteiger partial charge in [-0.2, -0.15) is 13.2 Å². The van der Waals surface area contributed by atoms with Gasteiger partial charge in [0.05, 0.1) is 28.6 Å². The number of nitrogens with zero attached hydrogens (tertiary/aromatic N) is 2. The van der Waals surface area contributed by atoms with E-state index in [2.05, 4.69) is 9.97 Å². The predicted octanol–water partition coefficient (Wildman–Crippen LogP) is 9.25. The summed E-state index contributed by atoms with van der Waals surface area (Å²) >= 11 is 9.03. The number of hydrogen-bond donors (Lipinski definition) is 2. The zero-order valence-electron chi connectivity index (χ0n) is 21.7. The number of pyridine rings is 2. The number of thiophene rings is 1. The Kier molecular flexibility index (Phi) is 8.55. The van der Waals surface area contributed by atoms with Crippen LogP contribution in [0.1, 0.15) is 29.0 Å². The normalized spacial score (nSPS) is 12.3. The Morgan fingerprint density at radius 2 is 1.85 bits per heavy atom. The van der Waals surface area contributed by atoms with Crippen LogP contribution in [0.2, 0.25) is 5.02 Å². The summed E-state index contributed by atoms with van der Waals surface area (Å²) in [5.41, 5.74) is 8.87. The van der Waals surface area contributed by atoms with Gasteiger partial charge in [-0.15, -0.1) is 11.3 Å². The van der Waals surface area contributed by atoms with Gasteiger partial charge in [0.15, 0.2) is 0 Å². The number of nitrogen functional groups attached to an aromatic ring is 1. The monoisotopic (exact) mass is 612 g/mol. The molecule has 0 unspecified atom stereocenters. The van der Waals surface area contributed by atoms with Gasteiger partial charge in [-0.1, -0.05) is 29.8 Å². The van der Waals surface area contributed by atoms with Gasteiger partial charge >= 0.3 is 6.18 Å². The number of benzene rings is 2. The van der Waals surface area contributed by atoms with E-state index in [9.17, 15) is 13.2 Å². The zero-order chi connectivity index (χ0) is 29.1. The molecule has 41 heavy (non-hydrogen) atoms. The van der Waals surface area contributed by atoms with Crippen LogP contribution in [-0.2, 0) is 6.42 Å². The molecule has 0 aliphatic rings. The summed E-state index contributed by atoms with van der Waals surface area (Å²) in [6, 6.07) is 21.8. The first kappa shape index (κ1) is 28.9. The number of hydrogen-bond acceptors (Lipinski definition) is 7. The van der Waals surface area contributed by atoms with Crippen molar-refractivity contribution >= 4 is 61.8 Å². The maximum Gasteiger partial charge on any atom is 0.395 e. The lowest BCUT2D eigenvalue weighted by atomic mass is 9.99. The van der Waals surface area contributed by atoms with Gasteiger partial charge in [0.1, 0.15) is 11.4 Å². The van der Waals surface area contributed by atoms with Crippen LogP contribution in [0.4, 0.5) is 19.0 Å². The smallest absolute Gasteiger partial charge is 0.395 e. The molecule has 4 heterocycles.